The van der Waals surface area contributed by atoms with Gasteiger partial charge in [0.1, 0.15) is 5.60 Å². The zero-order valence-corrected chi connectivity index (χ0v) is 11.7. The van der Waals surface area contributed by atoms with E-state index in [1.807, 2.05) is 6.92 Å². The lowest BCUT2D eigenvalue weighted by molar-refractivity contribution is -0.123. The van der Waals surface area contributed by atoms with Crippen LogP contribution in [0.5, 0.6) is 0 Å². The van der Waals surface area contributed by atoms with E-state index in [2.05, 4.69) is 24.5 Å². The lowest BCUT2D eigenvalue weighted by atomic mass is 10.0. The fourth-order valence-electron chi connectivity index (χ4n) is 1.81. The molecule has 106 valence electrons. The summed E-state index contributed by atoms with van der Waals surface area (Å²) in [5.41, 5.74) is -0.813. The number of ether oxygens (including phenoxy) is 1. The van der Waals surface area contributed by atoms with Gasteiger partial charge in [-0.1, -0.05) is 13.8 Å². The highest BCUT2D eigenvalue weighted by molar-refractivity contribution is 5.81. The SMILES string of the molecule is CC(C)CCNC(=O)C(C)NCC1(O)CCOC1. The maximum atomic E-state index is 11.7. The predicted octanol–water partition coefficient (Wildman–Crippen LogP) is 0.278. The fourth-order valence-corrected chi connectivity index (χ4v) is 1.81. The van der Waals surface area contributed by atoms with Crippen LogP contribution in [-0.2, 0) is 9.53 Å². The Morgan fingerprint density at radius 1 is 1.44 bits per heavy atom. The first-order valence-electron chi connectivity index (χ1n) is 6.74. The van der Waals surface area contributed by atoms with Crippen LogP contribution in [0.2, 0.25) is 0 Å². The number of nitrogens with one attached hydrogen (secondary N) is 2. The zero-order valence-electron chi connectivity index (χ0n) is 11.7. The van der Waals surface area contributed by atoms with Crippen molar-refractivity contribution in [2.75, 3.05) is 26.3 Å². The van der Waals surface area contributed by atoms with Crippen molar-refractivity contribution < 1.29 is 14.6 Å². The van der Waals surface area contributed by atoms with Crippen LogP contribution in [0, 0.1) is 5.92 Å². The minimum Gasteiger partial charge on any atom is -0.386 e. The molecule has 5 heteroatoms. The second kappa shape index (κ2) is 7.07. The number of amides is 1. The average molecular weight is 258 g/mol. The first-order valence-corrected chi connectivity index (χ1v) is 6.74. The van der Waals surface area contributed by atoms with Gasteiger partial charge in [0.15, 0.2) is 0 Å². The smallest absolute Gasteiger partial charge is 0.236 e. The topological polar surface area (TPSA) is 70.6 Å². The largest absolute Gasteiger partial charge is 0.386 e. The molecule has 2 unspecified atom stereocenters. The number of carbonyl (C=O) groups excluding carboxylic acids is 1. The minimum atomic E-state index is -0.813. The van der Waals surface area contributed by atoms with Gasteiger partial charge in [0.05, 0.1) is 12.6 Å². The fraction of sp³-hybridized carbons (Fsp3) is 0.923. The summed E-state index contributed by atoms with van der Waals surface area (Å²) in [6.07, 6.45) is 1.61. The number of hydrogen-bond acceptors (Lipinski definition) is 4. The summed E-state index contributed by atoms with van der Waals surface area (Å²) in [6.45, 7) is 8.10. The quantitative estimate of drug-likeness (QED) is 0.613. The number of hydrogen-bond donors (Lipinski definition) is 3. The van der Waals surface area contributed by atoms with E-state index in [-0.39, 0.29) is 11.9 Å². The van der Waals surface area contributed by atoms with Crippen molar-refractivity contribution in [1.29, 1.82) is 0 Å². The molecule has 18 heavy (non-hydrogen) atoms. The van der Waals surface area contributed by atoms with E-state index in [0.717, 1.165) is 6.42 Å². The molecule has 0 aliphatic carbocycles. The Kier molecular flexibility index (Phi) is 6.05. The molecule has 0 aromatic carbocycles. The van der Waals surface area contributed by atoms with Gasteiger partial charge in [-0.25, -0.2) is 0 Å². The van der Waals surface area contributed by atoms with Crippen LogP contribution in [0.4, 0.5) is 0 Å². The van der Waals surface area contributed by atoms with E-state index in [4.69, 9.17) is 4.74 Å². The molecule has 0 spiro atoms. The number of rotatable bonds is 7. The highest BCUT2D eigenvalue weighted by Gasteiger charge is 2.32. The molecule has 1 fully saturated rings. The predicted molar refractivity (Wildman–Crippen MR) is 70.3 cm³/mol. The second-order valence-corrected chi connectivity index (χ2v) is 5.60. The van der Waals surface area contributed by atoms with Crippen LogP contribution in [-0.4, -0.2) is 49.0 Å². The maximum Gasteiger partial charge on any atom is 0.236 e. The van der Waals surface area contributed by atoms with Crippen molar-refractivity contribution in [2.45, 2.75) is 45.3 Å². The second-order valence-electron chi connectivity index (χ2n) is 5.60. The molecule has 0 aromatic rings. The van der Waals surface area contributed by atoms with Crippen molar-refractivity contribution in [3.05, 3.63) is 0 Å². The lowest BCUT2D eigenvalue weighted by Gasteiger charge is -2.23. The Labute approximate surface area is 109 Å². The van der Waals surface area contributed by atoms with Crippen molar-refractivity contribution in [3.63, 3.8) is 0 Å². The van der Waals surface area contributed by atoms with Crippen LogP contribution in [0.25, 0.3) is 0 Å². The van der Waals surface area contributed by atoms with Gasteiger partial charge in [0.2, 0.25) is 5.91 Å². The van der Waals surface area contributed by atoms with Gasteiger partial charge in [-0.2, -0.15) is 0 Å². The van der Waals surface area contributed by atoms with Gasteiger partial charge < -0.3 is 20.5 Å². The van der Waals surface area contributed by atoms with Crippen LogP contribution < -0.4 is 10.6 Å². The molecule has 1 rings (SSSR count). The van der Waals surface area contributed by atoms with Gasteiger partial charge in [-0.15, -0.1) is 0 Å². The first kappa shape index (κ1) is 15.4. The highest BCUT2D eigenvalue weighted by atomic mass is 16.5. The Balaban J connectivity index is 2.19. The molecular weight excluding hydrogens is 232 g/mol. The maximum absolute atomic E-state index is 11.7. The van der Waals surface area contributed by atoms with Crippen molar-refractivity contribution in [1.82, 2.24) is 10.6 Å². The first-order chi connectivity index (χ1) is 8.43. The third-order valence-electron chi connectivity index (χ3n) is 3.23. The van der Waals surface area contributed by atoms with Crippen LogP contribution in [0.1, 0.15) is 33.6 Å². The van der Waals surface area contributed by atoms with Gasteiger partial charge in [-0.05, 0) is 19.3 Å². The molecule has 0 radical (unpaired) electrons. The normalized spacial score (nSPS) is 25.4. The van der Waals surface area contributed by atoms with E-state index in [1.54, 1.807) is 0 Å². The molecule has 1 amide bonds. The van der Waals surface area contributed by atoms with Crippen LogP contribution in [0.15, 0.2) is 0 Å². The summed E-state index contributed by atoms with van der Waals surface area (Å²) in [4.78, 5) is 11.7. The monoisotopic (exact) mass is 258 g/mol. The molecule has 0 bridgehead atoms. The van der Waals surface area contributed by atoms with E-state index in [1.165, 1.54) is 0 Å². The third kappa shape index (κ3) is 5.33. The molecule has 2 atom stereocenters. The van der Waals surface area contributed by atoms with Crippen LogP contribution in [0.3, 0.4) is 0 Å². The van der Waals surface area contributed by atoms with E-state index in [0.29, 0.717) is 38.6 Å². The molecule has 1 saturated heterocycles. The molecule has 1 heterocycles. The lowest BCUT2D eigenvalue weighted by Crippen LogP contribution is -2.49. The standard InChI is InChI=1S/C13H26N2O3/c1-10(2)4-6-14-12(16)11(3)15-8-13(17)5-7-18-9-13/h10-11,15,17H,4-9H2,1-3H3,(H,14,16). The molecule has 1 aliphatic heterocycles. The summed E-state index contributed by atoms with van der Waals surface area (Å²) in [7, 11) is 0. The Hall–Kier alpha value is -0.650. The summed E-state index contributed by atoms with van der Waals surface area (Å²) in [6, 6.07) is -0.290. The summed E-state index contributed by atoms with van der Waals surface area (Å²) in [5.74, 6) is 0.572. The Morgan fingerprint density at radius 2 is 2.17 bits per heavy atom. The summed E-state index contributed by atoms with van der Waals surface area (Å²) >= 11 is 0. The number of aliphatic hydroxyl groups is 1. The Bertz CT molecular complexity index is 263. The van der Waals surface area contributed by atoms with E-state index in [9.17, 15) is 9.90 Å². The van der Waals surface area contributed by atoms with E-state index < -0.39 is 5.60 Å². The van der Waals surface area contributed by atoms with Gasteiger partial charge in [-0.3, -0.25) is 4.79 Å². The highest BCUT2D eigenvalue weighted by Crippen LogP contribution is 2.16. The van der Waals surface area contributed by atoms with E-state index >= 15 is 0 Å². The minimum absolute atomic E-state index is 0.0156. The van der Waals surface area contributed by atoms with Gasteiger partial charge in [0.25, 0.3) is 0 Å². The molecule has 0 aromatic heterocycles. The molecule has 5 nitrogen and oxygen atoms in total. The van der Waals surface area contributed by atoms with Gasteiger partial charge >= 0.3 is 0 Å². The van der Waals surface area contributed by atoms with Crippen molar-refractivity contribution in [3.8, 4) is 0 Å². The number of carbonyl (C=O) groups is 1. The Morgan fingerprint density at radius 3 is 2.72 bits per heavy atom. The van der Waals surface area contributed by atoms with Crippen LogP contribution >= 0.6 is 0 Å². The van der Waals surface area contributed by atoms with Crippen molar-refractivity contribution in [2.24, 2.45) is 5.92 Å². The molecule has 0 saturated carbocycles. The molecule has 1 aliphatic rings. The van der Waals surface area contributed by atoms with Crippen molar-refractivity contribution >= 4 is 5.91 Å². The molecule has 3 N–H and O–H groups in total. The summed E-state index contributed by atoms with van der Waals surface area (Å²) < 4.78 is 5.15. The third-order valence-corrected chi connectivity index (χ3v) is 3.23. The average Bonchev–Trinajstić information content (AvgIpc) is 2.73. The molecular formula is C13H26N2O3. The van der Waals surface area contributed by atoms with Gasteiger partial charge in [0, 0.05) is 26.1 Å². The zero-order chi connectivity index (χ0) is 13.6. The summed E-state index contributed by atoms with van der Waals surface area (Å²) in [5, 5.41) is 16.0.